The fraction of sp³-hybridized carbons (Fsp3) is 0. The van der Waals surface area contributed by atoms with Gasteiger partial charge in [0, 0.05) is 16.2 Å². The second-order valence-electron chi connectivity index (χ2n) is 15.1. The van der Waals surface area contributed by atoms with Crippen LogP contribution in [0.2, 0.25) is 0 Å². The number of rotatable bonds is 2. The van der Waals surface area contributed by atoms with E-state index < -0.39 is 0 Å². The number of benzene rings is 12. The van der Waals surface area contributed by atoms with Gasteiger partial charge in [-0.25, -0.2) is 0 Å². The third-order valence-electron chi connectivity index (χ3n) is 12.4. The van der Waals surface area contributed by atoms with Gasteiger partial charge in [0.1, 0.15) is 11.2 Å². The summed E-state index contributed by atoms with van der Waals surface area (Å²) in [5.41, 5.74) is 6.75. The second kappa shape index (κ2) is 10.7. The summed E-state index contributed by atoms with van der Waals surface area (Å²) in [4.78, 5) is 0. The molecule has 0 saturated heterocycles. The minimum absolute atomic E-state index is 0.904. The average molecular weight is 695 g/mol. The van der Waals surface area contributed by atoms with Crippen LogP contribution in [0, 0.1) is 0 Å². The highest BCUT2D eigenvalue weighted by molar-refractivity contribution is 6.35. The van der Waals surface area contributed by atoms with Crippen LogP contribution in [0.1, 0.15) is 0 Å². The van der Waals surface area contributed by atoms with Gasteiger partial charge in [0.2, 0.25) is 0 Å². The van der Waals surface area contributed by atoms with Crippen LogP contribution in [0.4, 0.5) is 0 Å². The fourth-order valence-electron chi connectivity index (χ4n) is 10.1. The molecule has 0 aliphatic carbocycles. The van der Waals surface area contributed by atoms with Crippen molar-refractivity contribution in [2.24, 2.45) is 0 Å². The summed E-state index contributed by atoms with van der Waals surface area (Å²) in [6.07, 6.45) is 0. The number of fused-ring (bicyclic) bond motifs is 12. The van der Waals surface area contributed by atoms with Crippen molar-refractivity contribution in [3.63, 3.8) is 0 Å². The van der Waals surface area contributed by atoms with Gasteiger partial charge in [0.05, 0.1) is 0 Å². The second-order valence-corrected chi connectivity index (χ2v) is 15.1. The zero-order valence-electron chi connectivity index (χ0n) is 29.7. The van der Waals surface area contributed by atoms with E-state index in [1.807, 2.05) is 0 Å². The lowest BCUT2D eigenvalue weighted by atomic mass is 9.83. The van der Waals surface area contributed by atoms with Crippen molar-refractivity contribution in [1.29, 1.82) is 0 Å². The van der Waals surface area contributed by atoms with Gasteiger partial charge in [-0.3, -0.25) is 0 Å². The van der Waals surface area contributed by atoms with Gasteiger partial charge in [-0.15, -0.1) is 0 Å². The molecule has 1 heterocycles. The molecule has 0 N–H and O–H groups in total. The third-order valence-corrected chi connectivity index (χ3v) is 12.4. The van der Waals surface area contributed by atoms with Gasteiger partial charge in [-0.05, 0) is 127 Å². The summed E-state index contributed by atoms with van der Waals surface area (Å²) in [7, 11) is 0. The van der Waals surface area contributed by atoms with Crippen LogP contribution in [0.15, 0.2) is 186 Å². The summed E-state index contributed by atoms with van der Waals surface area (Å²) in [6.45, 7) is 0. The van der Waals surface area contributed by atoms with Crippen LogP contribution in [0.25, 0.3) is 130 Å². The van der Waals surface area contributed by atoms with E-state index >= 15 is 0 Å². The highest BCUT2D eigenvalue weighted by Crippen LogP contribution is 2.49. The van der Waals surface area contributed by atoms with E-state index in [2.05, 4.69) is 182 Å². The van der Waals surface area contributed by atoms with Crippen LogP contribution < -0.4 is 0 Å². The van der Waals surface area contributed by atoms with Crippen molar-refractivity contribution in [3.05, 3.63) is 182 Å². The van der Waals surface area contributed by atoms with Crippen molar-refractivity contribution >= 4 is 108 Å². The molecule has 1 nitrogen and oxygen atoms in total. The maximum Gasteiger partial charge on any atom is 0.136 e. The molecule has 0 amide bonds. The lowest BCUT2D eigenvalue weighted by Gasteiger charge is -2.20. The monoisotopic (exact) mass is 694 g/mol. The quantitative estimate of drug-likeness (QED) is 0.130. The molecule has 13 rings (SSSR count). The molecule has 0 spiro atoms. The first-order valence-electron chi connectivity index (χ1n) is 19.1. The van der Waals surface area contributed by atoms with Gasteiger partial charge in [-0.1, -0.05) is 158 Å². The Kier molecular flexibility index (Phi) is 5.69. The largest absolute Gasteiger partial charge is 0.456 e. The molecular weight excluding hydrogens is 665 g/mol. The minimum atomic E-state index is 0.904. The molecule has 0 saturated carbocycles. The SMILES string of the molecule is c1cc2ccc3ccc(-c4c5ccccc5c(-c5ccc6c(c5)oc5ccc7c8ccccc8c8ccccc8c7c56)c5ccccc45)c4ccc(c1)c2c34. The first kappa shape index (κ1) is 29.3. The molecule has 13 aromatic rings. The van der Waals surface area contributed by atoms with E-state index in [1.54, 1.807) is 0 Å². The normalized spacial score (nSPS) is 12.4. The van der Waals surface area contributed by atoms with E-state index in [1.165, 1.54) is 108 Å². The molecule has 0 unspecified atom stereocenters. The lowest BCUT2D eigenvalue weighted by molar-refractivity contribution is 0.669. The molecule has 0 aliphatic rings. The summed E-state index contributed by atoms with van der Waals surface area (Å²) >= 11 is 0. The van der Waals surface area contributed by atoms with E-state index in [0.717, 1.165) is 22.1 Å². The molecule has 1 aromatic heterocycles. The van der Waals surface area contributed by atoms with Crippen LogP contribution in [-0.2, 0) is 0 Å². The lowest BCUT2D eigenvalue weighted by Crippen LogP contribution is -1.92. The van der Waals surface area contributed by atoms with Gasteiger partial charge < -0.3 is 4.42 Å². The van der Waals surface area contributed by atoms with Gasteiger partial charge >= 0.3 is 0 Å². The Morgan fingerprint density at radius 1 is 0.255 bits per heavy atom. The summed E-state index contributed by atoms with van der Waals surface area (Å²) < 4.78 is 6.81. The van der Waals surface area contributed by atoms with E-state index in [4.69, 9.17) is 4.42 Å². The maximum absolute atomic E-state index is 6.81. The Bertz CT molecular complexity index is 3660. The molecule has 252 valence electrons. The van der Waals surface area contributed by atoms with Gasteiger partial charge in [-0.2, -0.15) is 0 Å². The maximum atomic E-state index is 6.81. The smallest absolute Gasteiger partial charge is 0.136 e. The Morgan fingerprint density at radius 3 is 1.42 bits per heavy atom. The number of hydrogen-bond acceptors (Lipinski definition) is 1. The zero-order chi connectivity index (χ0) is 35.8. The van der Waals surface area contributed by atoms with E-state index in [-0.39, 0.29) is 0 Å². The molecule has 12 aromatic carbocycles. The van der Waals surface area contributed by atoms with Crippen molar-refractivity contribution in [2.45, 2.75) is 0 Å². The summed E-state index contributed by atoms with van der Waals surface area (Å²) in [6, 6.07) is 67.2. The first-order chi connectivity index (χ1) is 27.3. The topological polar surface area (TPSA) is 13.1 Å². The number of furan rings is 1. The van der Waals surface area contributed by atoms with Crippen LogP contribution in [0.3, 0.4) is 0 Å². The average Bonchev–Trinajstić information content (AvgIpc) is 3.63. The van der Waals surface area contributed by atoms with E-state index in [9.17, 15) is 0 Å². The Balaban J connectivity index is 1.10. The van der Waals surface area contributed by atoms with Crippen molar-refractivity contribution < 1.29 is 4.42 Å². The molecule has 55 heavy (non-hydrogen) atoms. The summed E-state index contributed by atoms with van der Waals surface area (Å²) in [5.74, 6) is 0. The zero-order valence-corrected chi connectivity index (χ0v) is 29.7. The molecule has 0 radical (unpaired) electrons. The highest BCUT2D eigenvalue weighted by atomic mass is 16.3. The van der Waals surface area contributed by atoms with E-state index in [0.29, 0.717) is 0 Å². The Morgan fingerprint density at radius 2 is 0.745 bits per heavy atom. The van der Waals surface area contributed by atoms with Crippen LogP contribution in [-0.4, -0.2) is 0 Å². The Hall–Kier alpha value is -7.22. The first-order valence-corrected chi connectivity index (χ1v) is 19.1. The van der Waals surface area contributed by atoms with Crippen LogP contribution in [0.5, 0.6) is 0 Å². The van der Waals surface area contributed by atoms with Crippen molar-refractivity contribution in [2.75, 3.05) is 0 Å². The van der Waals surface area contributed by atoms with Crippen molar-refractivity contribution in [3.8, 4) is 22.3 Å². The minimum Gasteiger partial charge on any atom is -0.456 e. The third kappa shape index (κ3) is 3.87. The predicted octanol–water partition coefficient (Wildman–Crippen LogP) is 15.6. The molecule has 0 bridgehead atoms. The molecule has 0 atom stereocenters. The fourth-order valence-corrected chi connectivity index (χ4v) is 10.1. The van der Waals surface area contributed by atoms with Gasteiger partial charge in [0.25, 0.3) is 0 Å². The predicted molar refractivity (Wildman–Crippen MR) is 236 cm³/mol. The van der Waals surface area contributed by atoms with Crippen LogP contribution >= 0.6 is 0 Å². The highest BCUT2D eigenvalue weighted by Gasteiger charge is 2.21. The molecule has 1 heteroatoms. The van der Waals surface area contributed by atoms with Gasteiger partial charge in [0.15, 0.2) is 0 Å². The molecule has 0 fully saturated rings. The summed E-state index contributed by atoms with van der Waals surface area (Å²) in [5, 5.41) is 22.7. The molecule has 0 aliphatic heterocycles. The standard InChI is InChI=1S/C54H30O/c1-2-14-37-35(12-1)36-13-3-4-15-38(36)53-43(37)28-29-47-54(53)46-27-24-34(30-48(46)55-47)50-39-16-5-7-18-41(39)52(42-19-8-6-17-40(42)50)45-26-23-33-21-20-31-10-9-11-32-22-25-44(45)51(33)49(31)32/h1-30H. The number of hydrogen-bond donors (Lipinski definition) is 0. The van der Waals surface area contributed by atoms with Crippen molar-refractivity contribution in [1.82, 2.24) is 0 Å². The Labute approximate surface area is 315 Å². The molecular formula is C54H30O.